The lowest BCUT2D eigenvalue weighted by Gasteiger charge is -2.06. The summed E-state index contributed by atoms with van der Waals surface area (Å²) in [4.78, 5) is 23.6. The largest absolute Gasteiger partial charge is 0.484 e. The number of ether oxygens (including phenoxy) is 2. The van der Waals surface area contributed by atoms with Crippen molar-refractivity contribution in [2.75, 3.05) is 6.61 Å². The SMILES string of the molecule is Cc1cc(OCC(=O)N/N=C/c2ccc(OC(=O)c3ccco3)cc2)ccc1Cl. The predicted octanol–water partition coefficient (Wildman–Crippen LogP) is 3.99. The molecule has 0 radical (unpaired) electrons. The second-order valence-corrected chi connectivity index (χ2v) is 6.34. The van der Waals surface area contributed by atoms with E-state index in [1.165, 1.54) is 18.5 Å². The highest BCUT2D eigenvalue weighted by atomic mass is 35.5. The van der Waals surface area contributed by atoms with Gasteiger partial charge in [0.2, 0.25) is 5.76 Å². The molecule has 0 fully saturated rings. The first-order valence-corrected chi connectivity index (χ1v) is 8.95. The molecular formula is C21H17ClN2O5. The number of nitrogens with one attached hydrogen (secondary N) is 1. The fourth-order valence-corrected chi connectivity index (χ4v) is 2.36. The lowest BCUT2D eigenvalue weighted by atomic mass is 10.2. The third-order valence-electron chi connectivity index (χ3n) is 3.72. The van der Waals surface area contributed by atoms with Gasteiger partial charge in [-0.15, -0.1) is 0 Å². The first-order chi connectivity index (χ1) is 14.0. The van der Waals surface area contributed by atoms with Crippen LogP contribution in [0.1, 0.15) is 21.7 Å². The molecule has 2 aromatic carbocycles. The molecule has 0 saturated carbocycles. The highest BCUT2D eigenvalue weighted by Crippen LogP contribution is 2.20. The highest BCUT2D eigenvalue weighted by Gasteiger charge is 2.11. The van der Waals surface area contributed by atoms with E-state index < -0.39 is 11.9 Å². The minimum atomic E-state index is -0.584. The minimum Gasteiger partial charge on any atom is -0.484 e. The van der Waals surface area contributed by atoms with Crippen LogP contribution in [0.15, 0.2) is 70.4 Å². The van der Waals surface area contributed by atoms with Gasteiger partial charge in [-0.05, 0) is 72.6 Å². The Morgan fingerprint density at radius 3 is 2.59 bits per heavy atom. The molecule has 8 heteroatoms. The molecule has 1 heterocycles. The van der Waals surface area contributed by atoms with E-state index in [1.54, 1.807) is 48.5 Å². The van der Waals surface area contributed by atoms with E-state index in [4.69, 9.17) is 25.5 Å². The molecule has 0 saturated heterocycles. The maximum Gasteiger partial charge on any atom is 0.379 e. The molecule has 3 rings (SSSR count). The van der Waals surface area contributed by atoms with E-state index in [2.05, 4.69) is 10.5 Å². The summed E-state index contributed by atoms with van der Waals surface area (Å²) < 4.78 is 15.5. The number of furan rings is 1. The van der Waals surface area contributed by atoms with Crippen molar-refractivity contribution in [1.29, 1.82) is 0 Å². The van der Waals surface area contributed by atoms with Gasteiger partial charge in [0, 0.05) is 5.02 Å². The van der Waals surface area contributed by atoms with Gasteiger partial charge >= 0.3 is 5.97 Å². The van der Waals surface area contributed by atoms with Crippen LogP contribution in [-0.4, -0.2) is 24.7 Å². The molecule has 0 atom stereocenters. The second-order valence-electron chi connectivity index (χ2n) is 5.93. The average Bonchev–Trinajstić information content (AvgIpc) is 3.25. The van der Waals surface area contributed by atoms with E-state index >= 15 is 0 Å². The number of amides is 1. The Kier molecular flexibility index (Phi) is 6.65. The summed E-state index contributed by atoms with van der Waals surface area (Å²) >= 11 is 5.95. The zero-order valence-corrected chi connectivity index (χ0v) is 16.2. The van der Waals surface area contributed by atoms with Crippen LogP contribution in [0, 0.1) is 6.92 Å². The zero-order chi connectivity index (χ0) is 20.6. The summed E-state index contributed by atoms with van der Waals surface area (Å²) in [6.07, 6.45) is 2.86. The van der Waals surface area contributed by atoms with Gasteiger partial charge in [0.25, 0.3) is 5.91 Å². The normalized spacial score (nSPS) is 10.7. The Labute approximate surface area is 171 Å². The van der Waals surface area contributed by atoms with Crippen LogP contribution in [0.5, 0.6) is 11.5 Å². The molecule has 148 valence electrons. The Bertz CT molecular complexity index is 1010. The number of rotatable bonds is 7. The van der Waals surface area contributed by atoms with E-state index in [0.717, 1.165) is 5.56 Å². The molecule has 29 heavy (non-hydrogen) atoms. The molecule has 0 spiro atoms. The molecule has 0 unspecified atom stereocenters. The second kappa shape index (κ2) is 9.57. The van der Waals surface area contributed by atoms with Crippen molar-refractivity contribution in [1.82, 2.24) is 5.43 Å². The van der Waals surface area contributed by atoms with Crippen LogP contribution in [0.4, 0.5) is 0 Å². The molecule has 7 nitrogen and oxygen atoms in total. The molecule has 1 aromatic heterocycles. The lowest BCUT2D eigenvalue weighted by Crippen LogP contribution is -2.24. The number of aryl methyl sites for hydroxylation is 1. The van der Waals surface area contributed by atoms with Crippen LogP contribution in [0.3, 0.4) is 0 Å². The topological polar surface area (TPSA) is 90.1 Å². The van der Waals surface area contributed by atoms with Crippen molar-refractivity contribution in [3.63, 3.8) is 0 Å². The van der Waals surface area contributed by atoms with Crippen molar-refractivity contribution in [2.24, 2.45) is 5.10 Å². The summed E-state index contributed by atoms with van der Waals surface area (Å²) in [5, 5.41) is 4.50. The zero-order valence-electron chi connectivity index (χ0n) is 15.4. The predicted molar refractivity (Wildman–Crippen MR) is 108 cm³/mol. The van der Waals surface area contributed by atoms with E-state index in [9.17, 15) is 9.59 Å². The van der Waals surface area contributed by atoms with Crippen molar-refractivity contribution in [3.8, 4) is 11.5 Å². The standard InChI is InChI=1S/C21H17ClN2O5/c1-14-11-17(8-9-18(14)22)28-13-20(25)24-23-12-15-4-6-16(7-5-15)29-21(26)19-3-2-10-27-19/h2-12H,13H2,1H3,(H,24,25)/b23-12+. The van der Waals surface area contributed by atoms with Crippen LogP contribution >= 0.6 is 11.6 Å². The molecular weight excluding hydrogens is 396 g/mol. The van der Waals surface area contributed by atoms with Gasteiger partial charge in [0.1, 0.15) is 11.5 Å². The van der Waals surface area contributed by atoms with Gasteiger partial charge < -0.3 is 13.9 Å². The molecule has 1 N–H and O–H groups in total. The number of carbonyl (C=O) groups excluding carboxylic acids is 2. The molecule has 0 aliphatic rings. The highest BCUT2D eigenvalue weighted by molar-refractivity contribution is 6.31. The third-order valence-corrected chi connectivity index (χ3v) is 4.14. The van der Waals surface area contributed by atoms with Crippen LogP contribution in [0.25, 0.3) is 0 Å². The van der Waals surface area contributed by atoms with Gasteiger partial charge in [0.05, 0.1) is 12.5 Å². The fraction of sp³-hybridized carbons (Fsp3) is 0.0952. The van der Waals surface area contributed by atoms with Gasteiger partial charge in [-0.2, -0.15) is 5.10 Å². The van der Waals surface area contributed by atoms with Gasteiger partial charge in [0.15, 0.2) is 6.61 Å². The van der Waals surface area contributed by atoms with Crippen LogP contribution < -0.4 is 14.9 Å². The summed E-state index contributed by atoms with van der Waals surface area (Å²) in [6, 6.07) is 14.9. The number of benzene rings is 2. The number of hydrogen-bond acceptors (Lipinski definition) is 6. The number of hydrogen-bond donors (Lipinski definition) is 1. The molecule has 0 aliphatic heterocycles. The summed E-state index contributed by atoms with van der Waals surface area (Å²) in [6.45, 7) is 1.67. The monoisotopic (exact) mass is 412 g/mol. The number of nitrogens with zero attached hydrogens (tertiary/aromatic N) is 1. The van der Waals surface area contributed by atoms with E-state index in [0.29, 0.717) is 22.1 Å². The molecule has 0 aliphatic carbocycles. The van der Waals surface area contributed by atoms with Crippen LogP contribution in [-0.2, 0) is 4.79 Å². The smallest absolute Gasteiger partial charge is 0.379 e. The number of halogens is 1. The average molecular weight is 413 g/mol. The number of esters is 1. The lowest BCUT2D eigenvalue weighted by molar-refractivity contribution is -0.123. The van der Waals surface area contributed by atoms with Gasteiger partial charge in [-0.25, -0.2) is 10.2 Å². The van der Waals surface area contributed by atoms with E-state index in [-0.39, 0.29) is 12.4 Å². The Balaban J connectivity index is 1.45. The van der Waals surface area contributed by atoms with E-state index in [1.807, 2.05) is 6.92 Å². The van der Waals surface area contributed by atoms with Crippen molar-refractivity contribution in [2.45, 2.75) is 6.92 Å². The fourth-order valence-electron chi connectivity index (χ4n) is 2.24. The minimum absolute atomic E-state index is 0.120. The number of carbonyl (C=O) groups is 2. The summed E-state index contributed by atoms with van der Waals surface area (Å²) in [5.74, 6) is 0.0386. The Morgan fingerprint density at radius 2 is 1.90 bits per heavy atom. The number of hydrazone groups is 1. The molecule has 1 amide bonds. The molecule has 0 bridgehead atoms. The maximum absolute atomic E-state index is 11.8. The summed E-state index contributed by atoms with van der Waals surface area (Å²) in [7, 11) is 0. The Hall–Kier alpha value is -3.58. The maximum atomic E-state index is 11.8. The third kappa shape index (κ3) is 5.95. The van der Waals surface area contributed by atoms with Gasteiger partial charge in [-0.1, -0.05) is 11.6 Å². The van der Waals surface area contributed by atoms with Crippen LogP contribution in [0.2, 0.25) is 5.02 Å². The van der Waals surface area contributed by atoms with Gasteiger partial charge in [-0.3, -0.25) is 4.79 Å². The Morgan fingerprint density at radius 1 is 1.14 bits per heavy atom. The first-order valence-electron chi connectivity index (χ1n) is 8.58. The molecule has 3 aromatic rings. The van der Waals surface area contributed by atoms with Crippen molar-refractivity contribution in [3.05, 3.63) is 82.8 Å². The first kappa shape index (κ1) is 20.2. The quantitative estimate of drug-likeness (QED) is 0.274. The van der Waals surface area contributed by atoms with Crippen molar-refractivity contribution >= 4 is 29.7 Å². The van der Waals surface area contributed by atoms with Crippen molar-refractivity contribution < 1.29 is 23.5 Å². The summed E-state index contributed by atoms with van der Waals surface area (Å²) in [5.41, 5.74) is 3.94.